The van der Waals surface area contributed by atoms with Gasteiger partial charge in [-0.05, 0) is 62.4 Å². The second kappa shape index (κ2) is 20.9. The zero-order valence-electron chi connectivity index (χ0n) is 36.2. The molecule has 0 bridgehead atoms. The summed E-state index contributed by atoms with van der Waals surface area (Å²) in [7, 11) is -8.04. The predicted molar refractivity (Wildman–Crippen MR) is 246 cm³/mol. The summed E-state index contributed by atoms with van der Waals surface area (Å²) < 4.78 is 59.1. The summed E-state index contributed by atoms with van der Waals surface area (Å²) in [5.74, 6) is -2.30. The minimum atomic E-state index is -4.02. The highest BCUT2D eigenvalue weighted by atomic mass is 32.2. The number of rotatable bonds is 14. The van der Waals surface area contributed by atoms with E-state index < -0.39 is 53.7 Å². The molecule has 0 saturated heterocycles. The van der Waals surface area contributed by atoms with E-state index in [9.17, 15) is 56.2 Å². The highest BCUT2D eigenvalue weighted by Crippen LogP contribution is 2.38. The molecular formula is C46H42N6O14S2. The van der Waals surface area contributed by atoms with E-state index in [2.05, 4.69) is 10.6 Å². The first-order valence-electron chi connectivity index (χ1n) is 20.5. The molecule has 6 aromatic carbocycles. The fourth-order valence-corrected chi connectivity index (χ4v) is 8.27. The second-order valence-corrected chi connectivity index (χ2v) is 18.1. The number of nitrogens with zero attached hydrogens (tertiary/aromatic N) is 4. The van der Waals surface area contributed by atoms with Crippen LogP contribution in [0.15, 0.2) is 131 Å². The lowest BCUT2D eigenvalue weighted by Gasteiger charge is -2.32. The fourth-order valence-electron chi connectivity index (χ4n) is 7.31. The van der Waals surface area contributed by atoms with Crippen molar-refractivity contribution in [1.82, 2.24) is 20.4 Å². The molecule has 0 fully saturated rings. The lowest BCUT2D eigenvalue weighted by Crippen LogP contribution is -2.46. The summed E-state index contributed by atoms with van der Waals surface area (Å²) in [5.41, 5.74) is 3.53. The van der Waals surface area contributed by atoms with Crippen LogP contribution in [-0.4, -0.2) is 95.4 Å². The molecule has 0 aliphatic carbocycles. The smallest absolute Gasteiger partial charge is 0.294 e. The van der Waals surface area contributed by atoms with Crippen LogP contribution in [0, 0.1) is 34.1 Å². The molecule has 2 heterocycles. The van der Waals surface area contributed by atoms with Crippen LogP contribution in [0.2, 0.25) is 0 Å². The van der Waals surface area contributed by atoms with Crippen molar-refractivity contribution in [2.45, 2.75) is 36.7 Å². The zero-order chi connectivity index (χ0) is 49.5. The summed E-state index contributed by atoms with van der Waals surface area (Å²) in [6.07, 6.45) is 0. The number of imide groups is 2. The first-order chi connectivity index (χ1) is 32.2. The average molecular weight is 967 g/mol. The number of para-hydroxylation sites is 2. The first kappa shape index (κ1) is 49.8. The van der Waals surface area contributed by atoms with Crippen molar-refractivity contribution in [3.05, 3.63) is 186 Å². The topological polar surface area (TPSA) is 294 Å². The number of nitro groups is 2. The standard InChI is InChI=1S/C32H26N6O8.2C7H8O3S/c39-29-21-9-11-23-28-24(32(42)36(31(23)41)16-14-34-18-20-6-2-4-8-26(20)38(45)46)12-10-22(27(21)28)30(40)35(29)15-13-33-17-19-5-1-3-7-25(19)37(43)44;2*1-6-2-4-7(5-3-6)11(8,9)10/h1-12,33-34H,13-18H2;2*2-5H,1H3,(H,8,9,10). The summed E-state index contributed by atoms with van der Waals surface area (Å²) in [5, 5.41) is 29.2. The maximum Gasteiger partial charge on any atom is 0.294 e. The van der Waals surface area contributed by atoms with Crippen LogP contribution in [0.5, 0.6) is 0 Å². The summed E-state index contributed by atoms with van der Waals surface area (Å²) in [4.78, 5) is 77.6. The Hall–Kier alpha value is -7.60. The molecule has 68 heavy (non-hydrogen) atoms. The Labute approximate surface area is 389 Å². The Balaban J connectivity index is 0.000000282. The molecule has 2 aliphatic rings. The molecule has 8 rings (SSSR count). The van der Waals surface area contributed by atoms with Gasteiger partial charge in [0, 0.05) is 95.6 Å². The molecule has 0 unspecified atom stereocenters. The van der Waals surface area contributed by atoms with E-state index in [1.165, 1.54) is 60.7 Å². The van der Waals surface area contributed by atoms with Gasteiger partial charge < -0.3 is 10.6 Å². The molecule has 0 saturated carbocycles. The van der Waals surface area contributed by atoms with Crippen LogP contribution < -0.4 is 10.6 Å². The molecule has 20 nitrogen and oxygen atoms in total. The van der Waals surface area contributed by atoms with Crippen LogP contribution >= 0.6 is 0 Å². The number of amides is 4. The van der Waals surface area contributed by atoms with Gasteiger partial charge in [-0.25, -0.2) is 0 Å². The van der Waals surface area contributed by atoms with Gasteiger partial charge in [-0.3, -0.25) is 58.3 Å². The molecule has 352 valence electrons. The zero-order valence-corrected chi connectivity index (χ0v) is 37.8. The van der Waals surface area contributed by atoms with Crippen molar-refractivity contribution in [1.29, 1.82) is 0 Å². The van der Waals surface area contributed by atoms with Gasteiger partial charge in [0.15, 0.2) is 0 Å². The Morgan fingerprint density at radius 1 is 0.485 bits per heavy atom. The van der Waals surface area contributed by atoms with Crippen molar-refractivity contribution in [3.63, 3.8) is 0 Å². The van der Waals surface area contributed by atoms with Crippen LogP contribution in [0.25, 0.3) is 10.8 Å². The van der Waals surface area contributed by atoms with Crippen LogP contribution in [0.1, 0.15) is 63.7 Å². The quantitative estimate of drug-likeness (QED) is 0.0324. The van der Waals surface area contributed by atoms with Gasteiger partial charge >= 0.3 is 0 Å². The van der Waals surface area contributed by atoms with Gasteiger partial charge in [-0.15, -0.1) is 0 Å². The van der Waals surface area contributed by atoms with E-state index in [4.69, 9.17) is 9.11 Å². The highest BCUT2D eigenvalue weighted by Gasteiger charge is 2.39. The lowest BCUT2D eigenvalue weighted by molar-refractivity contribution is -0.385. The van der Waals surface area contributed by atoms with Gasteiger partial charge in [0.05, 0.1) is 19.6 Å². The van der Waals surface area contributed by atoms with Crippen molar-refractivity contribution in [2.75, 3.05) is 26.2 Å². The number of aryl methyl sites for hydroxylation is 2. The molecule has 0 aromatic heterocycles. The molecule has 22 heteroatoms. The van der Waals surface area contributed by atoms with Crippen molar-refractivity contribution >= 4 is 66.0 Å². The van der Waals surface area contributed by atoms with E-state index in [1.807, 2.05) is 13.8 Å². The van der Waals surface area contributed by atoms with Crippen LogP contribution in [0.3, 0.4) is 0 Å². The number of hydrogen-bond acceptors (Lipinski definition) is 14. The van der Waals surface area contributed by atoms with E-state index >= 15 is 0 Å². The van der Waals surface area contributed by atoms with E-state index in [0.29, 0.717) is 11.1 Å². The number of benzene rings is 6. The van der Waals surface area contributed by atoms with Gasteiger partial charge in [-0.2, -0.15) is 16.8 Å². The second-order valence-electron chi connectivity index (χ2n) is 15.3. The SMILES string of the molecule is Cc1ccc(S(=O)(=O)O)cc1.Cc1ccc(S(=O)(=O)O)cc1.O=C1c2ccc3c4c(ccc(c24)C(=O)N1CCNCc1ccccc1[N+](=O)[O-])C(=O)N(CCNCc1ccccc1[N+](=O)[O-])C3=O. The molecule has 6 aromatic rings. The normalized spacial score (nSPS) is 13.1. The molecule has 4 N–H and O–H groups in total. The Morgan fingerprint density at radius 3 is 1.06 bits per heavy atom. The molecule has 0 atom stereocenters. The van der Waals surface area contributed by atoms with Gasteiger partial charge in [0.1, 0.15) is 0 Å². The van der Waals surface area contributed by atoms with Crippen molar-refractivity contribution in [3.8, 4) is 0 Å². The molecule has 2 aliphatic heterocycles. The summed E-state index contributed by atoms with van der Waals surface area (Å²) in [6, 6.07) is 30.4. The van der Waals surface area contributed by atoms with Gasteiger partial charge in [-0.1, -0.05) is 71.8 Å². The van der Waals surface area contributed by atoms with Crippen molar-refractivity contribution in [2.24, 2.45) is 0 Å². The largest absolute Gasteiger partial charge is 0.311 e. The summed E-state index contributed by atoms with van der Waals surface area (Å²) >= 11 is 0. The number of carbonyl (C=O) groups excluding carboxylic acids is 4. The monoisotopic (exact) mass is 966 g/mol. The maximum absolute atomic E-state index is 13.5. The van der Waals surface area contributed by atoms with E-state index in [-0.39, 0.29) is 93.5 Å². The fraction of sp³-hybridized carbons (Fsp3) is 0.174. The highest BCUT2D eigenvalue weighted by molar-refractivity contribution is 7.86. The third kappa shape index (κ3) is 11.3. The van der Waals surface area contributed by atoms with E-state index in [0.717, 1.165) is 20.9 Å². The average Bonchev–Trinajstić information content (AvgIpc) is 3.29. The maximum atomic E-state index is 13.5. The molecule has 0 radical (unpaired) electrons. The van der Waals surface area contributed by atoms with Crippen LogP contribution in [0.4, 0.5) is 11.4 Å². The molecular weight excluding hydrogens is 925 g/mol. The Morgan fingerprint density at radius 2 is 0.779 bits per heavy atom. The Bertz CT molecular complexity index is 2920. The predicted octanol–water partition coefficient (Wildman–Crippen LogP) is 5.91. The Kier molecular flexibility index (Phi) is 15.3. The van der Waals surface area contributed by atoms with Crippen LogP contribution in [-0.2, 0) is 33.3 Å². The third-order valence-electron chi connectivity index (χ3n) is 10.7. The number of carbonyl (C=O) groups is 4. The van der Waals surface area contributed by atoms with Gasteiger partial charge in [0.2, 0.25) is 0 Å². The number of nitrogens with one attached hydrogen (secondary N) is 2. The minimum Gasteiger partial charge on any atom is -0.311 e. The third-order valence-corrected chi connectivity index (χ3v) is 12.5. The number of nitro benzene ring substituents is 2. The lowest BCUT2D eigenvalue weighted by atomic mass is 9.86. The molecule has 4 amide bonds. The van der Waals surface area contributed by atoms with Gasteiger partial charge in [0.25, 0.3) is 55.2 Å². The summed E-state index contributed by atoms with van der Waals surface area (Å²) in [6.45, 7) is 4.34. The van der Waals surface area contributed by atoms with E-state index in [1.54, 1.807) is 60.7 Å². The van der Waals surface area contributed by atoms with Crippen molar-refractivity contribution < 1.29 is 55.0 Å². The molecule has 0 spiro atoms. The number of hydrogen-bond donors (Lipinski definition) is 4. The minimum absolute atomic E-state index is 0.00644. The first-order valence-corrected chi connectivity index (χ1v) is 23.3.